The lowest BCUT2D eigenvalue weighted by molar-refractivity contribution is 0.314. The molecule has 0 unspecified atom stereocenters. The van der Waals surface area contributed by atoms with Crippen molar-refractivity contribution in [2.45, 2.75) is 19.6 Å². The van der Waals surface area contributed by atoms with Crippen LogP contribution in [0.2, 0.25) is 0 Å². The molecular formula is C16H22N2O2. The van der Waals surface area contributed by atoms with Crippen molar-refractivity contribution in [2.24, 2.45) is 0 Å². The topological polar surface area (TPSA) is 37.6 Å². The Hall–Kier alpha value is -1.78. The second-order valence-corrected chi connectivity index (χ2v) is 4.92. The normalized spacial score (nSPS) is 11.0. The van der Waals surface area contributed by atoms with E-state index in [0.29, 0.717) is 0 Å². The van der Waals surface area contributed by atoms with E-state index in [1.165, 1.54) is 11.1 Å². The Kier molecular flexibility index (Phi) is 5.21. The fourth-order valence-electron chi connectivity index (χ4n) is 2.21. The smallest absolute Gasteiger partial charge is 0.122 e. The molecule has 108 valence electrons. The van der Waals surface area contributed by atoms with Crippen molar-refractivity contribution in [3.8, 4) is 5.75 Å². The maximum atomic E-state index is 5.48. The summed E-state index contributed by atoms with van der Waals surface area (Å²) in [6, 6.07) is 10.2. The largest absolute Gasteiger partial charge is 0.497 e. The van der Waals surface area contributed by atoms with Gasteiger partial charge in [-0.15, -0.1) is 0 Å². The van der Waals surface area contributed by atoms with Gasteiger partial charge < -0.3 is 14.5 Å². The van der Waals surface area contributed by atoms with Crippen molar-refractivity contribution in [2.75, 3.05) is 21.2 Å². The number of hydrogen-bond acceptors (Lipinski definition) is 4. The Labute approximate surface area is 120 Å². The van der Waals surface area contributed by atoms with Gasteiger partial charge in [0, 0.05) is 18.7 Å². The van der Waals surface area contributed by atoms with Crippen molar-refractivity contribution in [3.63, 3.8) is 0 Å². The van der Waals surface area contributed by atoms with Gasteiger partial charge in [-0.1, -0.05) is 12.1 Å². The number of benzene rings is 1. The van der Waals surface area contributed by atoms with Gasteiger partial charge in [-0.2, -0.15) is 0 Å². The van der Waals surface area contributed by atoms with Gasteiger partial charge in [-0.25, -0.2) is 0 Å². The van der Waals surface area contributed by atoms with Crippen molar-refractivity contribution >= 4 is 0 Å². The summed E-state index contributed by atoms with van der Waals surface area (Å²) >= 11 is 0. The van der Waals surface area contributed by atoms with Crippen LogP contribution in [-0.4, -0.2) is 26.1 Å². The Morgan fingerprint density at radius 1 is 1.15 bits per heavy atom. The van der Waals surface area contributed by atoms with Crippen LogP contribution in [-0.2, 0) is 19.6 Å². The molecule has 20 heavy (non-hydrogen) atoms. The van der Waals surface area contributed by atoms with Crippen LogP contribution in [0.3, 0.4) is 0 Å². The van der Waals surface area contributed by atoms with Gasteiger partial charge in [-0.05, 0) is 37.9 Å². The highest BCUT2D eigenvalue weighted by molar-refractivity contribution is 5.27. The average Bonchev–Trinajstić information content (AvgIpc) is 2.87. The van der Waals surface area contributed by atoms with Crippen LogP contribution in [0.1, 0.15) is 16.9 Å². The molecule has 0 atom stereocenters. The van der Waals surface area contributed by atoms with E-state index in [1.807, 2.05) is 25.2 Å². The first-order valence-corrected chi connectivity index (χ1v) is 6.74. The SMILES string of the molecule is CNCc1occc1CN(C)Cc1ccc(OC)cc1. The molecule has 2 rings (SSSR count). The number of hydrogen-bond donors (Lipinski definition) is 1. The standard InChI is InChI=1S/C16H22N2O2/c1-17-10-16-14(8-9-20-16)12-18(2)11-13-4-6-15(19-3)7-5-13/h4-9,17H,10-12H2,1-3H3. The van der Waals surface area contributed by atoms with Crippen LogP contribution in [0.5, 0.6) is 5.75 Å². The predicted octanol–water partition coefficient (Wildman–Crippen LogP) is 2.64. The highest BCUT2D eigenvalue weighted by Gasteiger charge is 2.08. The maximum absolute atomic E-state index is 5.48. The lowest BCUT2D eigenvalue weighted by Crippen LogP contribution is -2.18. The van der Waals surface area contributed by atoms with Crippen LogP contribution >= 0.6 is 0 Å². The van der Waals surface area contributed by atoms with E-state index in [1.54, 1.807) is 13.4 Å². The van der Waals surface area contributed by atoms with Gasteiger partial charge in [0.15, 0.2) is 0 Å². The zero-order valence-electron chi connectivity index (χ0n) is 12.3. The van der Waals surface area contributed by atoms with Crippen molar-refractivity contribution < 1.29 is 9.15 Å². The molecule has 0 saturated carbocycles. The average molecular weight is 274 g/mol. The number of methoxy groups -OCH3 is 1. The van der Waals surface area contributed by atoms with E-state index in [0.717, 1.165) is 31.1 Å². The van der Waals surface area contributed by atoms with Crippen LogP contribution in [0.15, 0.2) is 41.0 Å². The molecule has 0 fully saturated rings. The van der Waals surface area contributed by atoms with Gasteiger partial charge in [0.2, 0.25) is 0 Å². The first-order chi connectivity index (χ1) is 9.72. The number of rotatable bonds is 7. The summed E-state index contributed by atoms with van der Waals surface area (Å²) in [5.74, 6) is 1.90. The molecule has 0 saturated heterocycles. The fourth-order valence-corrected chi connectivity index (χ4v) is 2.21. The number of nitrogens with one attached hydrogen (secondary N) is 1. The monoisotopic (exact) mass is 274 g/mol. The highest BCUT2D eigenvalue weighted by atomic mass is 16.5. The van der Waals surface area contributed by atoms with E-state index in [-0.39, 0.29) is 0 Å². The molecule has 1 aromatic heterocycles. The summed E-state index contributed by atoms with van der Waals surface area (Å²) in [5.41, 5.74) is 2.50. The lowest BCUT2D eigenvalue weighted by atomic mass is 10.2. The van der Waals surface area contributed by atoms with Gasteiger partial charge in [0.05, 0.1) is 19.9 Å². The third-order valence-electron chi connectivity index (χ3n) is 3.23. The highest BCUT2D eigenvalue weighted by Crippen LogP contribution is 2.16. The van der Waals surface area contributed by atoms with Gasteiger partial charge in [0.1, 0.15) is 11.5 Å². The van der Waals surface area contributed by atoms with E-state index in [2.05, 4.69) is 29.4 Å². The Bertz CT molecular complexity index is 520. The second-order valence-electron chi connectivity index (χ2n) is 4.92. The maximum Gasteiger partial charge on any atom is 0.122 e. The van der Waals surface area contributed by atoms with Gasteiger partial charge in [0.25, 0.3) is 0 Å². The molecule has 4 heteroatoms. The molecule has 0 radical (unpaired) electrons. The molecule has 0 bridgehead atoms. The molecule has 1 aromatic carbocycles. The second kappa shape index (κ2) is 7.12. The first kappa shape index (κ1) is 14.6. The molecule has 0 aliphatic rings. The first-order valence-electron chi connectivity index (χ1n) is 6.74. The summed E-state index contributed by atoms with van der Waals surface area (Å²) in [6.07, 6.45) is 1.75. The van der Waals surface area contributed by atoms with Crippen LogP contribution in [0.25, 0.3) is 0 Å². The summed E-state index contributed by atoms with van der Waals surface area (Å²) < 4.78 is 10.6. The molecule has 0 aliphatic heterocycles. The van der Waals surface area contributed by atoms with Gasteiger partial charge in [-0.3, -0.25) is 4.90 Å². The molecule has 2 aromatic rings. The number of nitrogens with zero attached hydrogens (tertiary/aromatic N) is 1. The number of ether oxygens (including phenoxy) is 1. The minimum Gasteiger partial charge on any atom is -0.497 e. The molecule has 4 nitrogen and oxygen atoms in total. The lowest BCUT2D eigenvalue weighted by Gasteiger charge is -2.17. The van der Waals surface area contributed by atoms with E-state index in [4.69, 9.17) is 9.15 Å². The Morgan fingerprint density at radius 3 is 2.55 bits per heavy atom. The van der Waals surface area contributed by atoms with Crippen molar-refractivity contribution in [3.05, 3.63) is 53.5 Å². The van der Waals surface area contributed by atoms with E-state index >= 15 is 0 Å². The third-order valence-corrected chi connectivity index (χ3v) is 3.23. The van der Waals surface area contributed by atoms with Crippen molar-refractivity contribution in [1.29, 1.82) is 0 Å². The third kappa shape index (κ3) is 3.85. The van der Waals surface area contributed by atoms with Crippen LogP contribution in [0, 0.1) is 0 Å². The van der Waals surface area contributed by atoms with Crippen LogP contribution in [0.4, 0.5) is 0 Å². The summed E-state index contributed by atoms with van der Waals surface area (Å²) in [4.78, 5) is 2.27. The number of furan rings is 1. The van der Waals surface area contributed by atoms with E-state index < -0.39 is 0 Å². The summed E-state index contributed by atoms with van der Waals surface area (Å²) in [6.45, 7) is 2.53. The molecule has 0 amide bonds. The predicted molar refractivity (Wildman–Crippen MR) is 79.6 cm³/mol. The Balaban J connectivity index is 1.94. The van der Waals surface area contributed by atoms with E-state index in [9.17, 15) is 0 Å². The van der Waals surface area contributed by atoms with Gasteiger partial charge >= 0.3 is 0 Å². The quantitative estimate of drug-likeness (QED) is 0.842. The van der Waals surface area contributed by atoms with Crippen LogP contribution < -0.4 is 10.1 Å². The minimum atomic E-state index is 0.763. The van der Waals surface area contributed by atoms with Crippen molar-refractivity contribution in [1.82, 2.24) is 10.2 Å². The minimum absolute atomic E-state index is 0.763. The summed E-state index contributed by atoms with van der Waals surface area (Å²) in [5, 5.41) is 3.12. The zero-order valence-corrected chi connectivity index (χ0v) is 12.3. The molecule has 1 heterocycles. The molecule has 1 N–H and O–H groups in total. The zero-order chi connectivity index (χ0) is 14.4. The fraction of sp³-hybridized carbons (Fsp3) is 0.375. The summed E-state index contributed by atoms with van der Waals surface area (Å²) in [7, 11) is 5.72. The molecule has 0 spiro atoms. The Morgan fingerprint density at radius 2 is 1.90 bits per heavy atom. The molecular weight excluding hydrogens is 252 g/mol. The molecule has 0 aliphatic carbocycles.